The van der Waals surface area contributed by atoms with Gasteiger partial charge in [-0.1, -0.05) is 13.0 Å². The molecule has 102 valence electrons. The molecule has 0 aliphatic carbocycles. The first kappa shape index (κ1) is 14.0. The van der Waals surface area contributed by atoms with Gasteiger partial charge in [-0.15, -0.1) is 11.3 Å². The molecule has 3 heteroatoms. The lowest BCUT2D eigenvalue weighted by atomic mass is 9.98. The van der Waals surface area contributed by atoms with Gasteiger partial charge in [0.25, 0.3) is 0 Å². The monoisotopic (exact) mass is 266 g/mol. The van der Waals surface area contributed by atoms with E-state index in [1.165, 1.54) is 37.2 Å². The van der Waals surface area contributed by atoms with Crippen molar-refractivity contribution in [1.29, 1.82) is 0 Å². The molecule has 2 rings (SSSR count). The van der Waals surface area contributed by atoms with E-state index in [4.69, 9.17) is 0 Å². The predicted molar refractivity (Wildman–Crippen MR) is 80.4 cm³/mol. The Hall–Kier alpha value is -0.380. The van der Waals surface area contributed by atoms with Crippen molar-refractivity contribution >= 4 is 11.3 Å². The summed E-state index contributed by atoms with van der Waals surface area (Å²) in [4.78, 5) is 4.18. The maximum Gasteiger partial charge on any atom is 0.0277 e. The van der Waals surface area contributed by atoms with Crippen molar-refractivity contribution in [3.05, 3.63) is 22.4 Å². The summed E-state index contributed by atoms with van der Waals surface area (Å²) in [5, 5.41) is 5.90. The third kappa shape index (κ3) is 3.56. The van der Waals surface area contributed by atoms with E-state index in [-0.39, 0.29) is 0 Å². The largest absolute Gasteiger partial charge is 0.310 e. The highest BCUT2D eigenvalue weighted by Gasteiger charge is 2.29. The van der Waals surface area contributed by atoms with Gasteiger partial charge in [0.1, 0.15) is 0 Å². The zero-order valence-electron chi connectivity index (χ0n) is 11.9. The van der Waals surface area contributed by atoms with Crippen LogP contribution < -0.4 is 5.32 Å². The Morgan fingerprint density at radius 3 is 3.06 bits per heavy atom. The molecule has 1 aliphatic heterocycles. The molecule has 2 unspecified atom stereocenters. The van der Waals surface area contributed by atoms with E-state index in [9.17, 15) is 0 Å². The molecule has 0 saturated carbocycles. The van der Waals surface area contributed by atoms with Gasteiger partial charge in [-0.05, 0) is 51.1 Å². The van der Waals surface area contributed by atoms with E-state index in [0.717, 1.165) is 6.54 Å². The SMILES string of the molecule is CCC1(C)CN(CCc2cccs2)C(C)CCN1. The van der Waals surface area contributed by atoms with Gasteiger partial charge in [-0.2, -0.15) is 0 Å². The smallest absolute Gasteiger partial charge is 0.0277 e. The third-order valence-electron chi connectivity index (χ3n) is 4.30. The van der Waals surface area contributed by atoms with Gasteiger partial charge in [0, 0.05) is 29.5 Å². The van der Waals surface area contributed by atoms with Crippen molar-refractivity contribution in [3.63, 3.8) is 0 Å². The zero-order valence-corrected chi connectivity index (χ0v) is 12.7. The molecule has 0 bridgehead atoms. The van der Waals surface area contributed by atoms with Crippen LogP contribution in [0.2, 0.25) is 0 Å². The van der Waals surface area contributed by atoms with Gasteiger partial charge >= 0.3 is 0 Å². The lowest BCUT2D eigenvalue weighted by Gasteiger charge is -2.34. The molecule has 0 amide bonds. The fourth-order valence-corrected chi connectivity index (χ4v) is 3.37. The van der Waals surface area contributed by atoms with E-state index >= 15 is 0 Å². The highest BCUT2D eigenvalue weighted by Crippen LogP contribution is 2.20. The van der Waals surface area contributed by atoms with Crippen molar-refractivity contribution in [2.75, 3.05) is 19.6 Å². The number of rotatable bonds is 4. The van der Waals surface area contributed by atoms with E-state index in [2.05, 4.69) is 48.5 Å². The van der Waals surface area contributed by atoms with Crippen LogP contribution in [-0.4, -0.2) is 36.1 Å². The van der Waals surface area contributed by atoms with Crippen molar-refractivity contribution < 1.29 is 0 Å². The first-order valence-corrected chi connectivity index (χ1v) is 8.02. The minimum Gasteiger partial charge on any atom is -0.310 e. The fourth-order valence-electron chi connectivity index (χ4n) is 2.67. The average Bonchev–Trinajstić information content (AvgIpc) is 2.82. The van der Waals surface area contributed by atoms with Gasteiger partial charge in [0.05, 0.1) is 0 Å². The summed E-state index contributed by atoms with van der Waals surface area (Å²) in [5.41, 5.74) is 0.292. The van der Waals surface area contributed by atoms with E-state index in [1.54, 1.807) is 0 Å². The van der Waals surface area contributed by atoms with Crippen LogP contribution in [0, 0.1) is 0 Å². The van der Waals surface area contributed by atoms with Crippen molar-refractivity contribution in [1.82, 2.24) is 10.2 Å². The van der Waals surface area contributed by atoms with Crippen LogP contribution in [0.5, 0.6) is 0 Å². The molecule has 0 radical (unpaired) electrons. The van der Waals surface area contributed by atoms with Gasteiger partial charge in [-0.25, -0.2) is 0 Å². The lowest BCUT2D eigenvalue weighted by molar-refractivity contribution is 0.173. The summed E-state index contributed by atoms with van der Waals surface area (Å²) in [5.74, 6) is 0. The molecule has 2 heterocycles. The molecule has 2 atom stereocenters. The van der Waals surface area contributed by atoms with Gasteiger partial charge < -0.3 is 5.32 Å². The maximum atomic E-state index is 3.72. The topological polar surface area (TPSA) is 15.3 Å². The van der Waals surface area contributed by atoms with Gasteiger partial charge in [0.15, 0.2) is 0 Å². The van der Waals surface area contributed by atoms with Crippen LogP contribution in [-0.2, 0) is 6.42 Å². The standard InChI is InChI=1S/C15H26N2S/c1-4-15(3)12-17(13(2)7-9-16-15)10-8-14-6-5-11-18-14/h5-6,11,13,16H,4,7-10,12H2,1-3H3. The number of hydrogen-bond acceptors (Lipinski definition) is 3. The fraction of sp³-hybridized carbons (Fsp3) is 0.733. The van der Waals surface area contributed by atoms with Crippen LogP contribution >= 0.6 is 11.3 Å². The van der Waals surface area contributed by atoms with Crippen LogP contribution in [0.3, 0.4) is 0 Å². The molecule has 1 aliphatic rings. The molecule has 0 spiro atoms. The quantitative estimate of drug-likeness (QED) is 0.900. The predicted octanol–water partition coefficient (Wildman–Crippen LogP) is 3.14. The minimum absolute atomic E-state index is 0.292. The summed E-state index contributed by atoms with van der Waals surface area (Å²) in [6.07, 6.45) is 3.66. The molecular weight excluding hydrogens is 240 g/mol. The van der Waals surface area contributed by atoms with E-state index in [1.807, 2.05) is 11.3 Å². The normalized spacial score (nSPS) is 30.3. The molecule has 18 heavy (non-hydrogen) atoms. The van der Waals surface area contributed by atoms with Crippen molar-refractivity contribution in [2.24, 2.45) is 0 Å². The second-order valence-electron chi connectivity index (χ2n) is 5.78. The summed E-state index contributed by atoms with van der Waals surface area (Å²) in [6.45, 7) is 10.6. The number of thiophene rings is 1. The first-order chi connectivity index (χ1) is 8.63. The van der Waals surface area contributed by atoms with Crippen molar-refractivity contribution in [2.45, 2.75) is 51.6 Å². The lowest BCUT2D eigenvalue weighted by Crippen LogP contribution is -2.49. The van der Waals surface area contributed by atoms with Crippen molar-refractivity contribution in [3.8, 4) is 0 Å². The van der Waals surface area contributed by atoms with Crippen LogP contribution in [0.4, 0.5) is 0 Å². The highest BCUT2D eigenvalue weighted by atomic mass is 32.1. The Morgan fingerprint density at radius 2 is 2.39 bits per heavy atom. The van der Waals surface area contributed by atoms with Crippen LogP contribution in [0.25, 0.3) is 0 Å². The third-order valence-corrected chi connectivity index (χ3v) is 5.23. The van der Waals surface area contributed by atoms with Crippen LogP contribution in [0.15, 0.2) is 17.5 Å². The van der Waals surface area contributed by atoms with Gasteiger partial charge in [0.2, 0.25) is 0 Å². The highest BCUT2D eigenvalue weighted by molar-refractivity contribution is 7.09. The molecule has 2 nitrogen and oxygen atoms in total. The first-order valence-electron chi connectivity index (χ1n) is 7.14. The maximum absolute atomic E-state index is 3.72. The Bertz CT molecular complexity index is 349. The number of hydrogen-bond donors (Lipinski definition) is 1. The Balaban J connectivity index is 1.95. The Kier molecular flexibility index (Phi) is 4.82. The molecular formula is C15H26N2S. The van der Waals surface area contributed by atoms with Crippen LogP contribution in [0.1, 0.15) is 38.5 Å². The molecule has 1 aromatic rings. The molecule has 0 aromatic carbocycles. The Labute approximate surface area is 115 Å². The summed E-state index contributed by atoms with van der Waals surface area (Å²) in [7, 11) is 0. The second-order valence-corrected chi connectivity index (χ2v) is 6.81. The van der Waals surface area contributed by atoms with Gasteiger partial charge in [-0.3, -0.25) is 4.90 Å². The molecule has 1 N–H and O–H groups in total. The average molecular weight is 266 g/mol. The molecule has 1 aromatic heterocycles. The zero-order chi connectivity index (χ0) is 13.0. The summed E-state index contributed by atoms with van der Waals surface area (Å²) >= 11 is 1.88. The van der Waals surface area contributed by atoms with E-state index in [0.29, 0.717) is 11.6 Å². The number of nitrogens with one attached hydrogen (secondary N) is 1. The summed E-state index contributed by atoms with van der Waals surface area (Å²) < 4.78 is 0. The Morgan fingerprint density at radius 1 is 1.56 bits per heavy atom. The van der Waals surface area contributed by atoms with E-state index < -0.39 is 0 Å². The number of nitrogens with zero attached hydrogens (tertiary/aromatic N) is 1. The molecule has 1 fully saturated rings. The minimum atomic E-state index is 0.292. The molecule has 1 saturated heterocycles. The summed E-state index contributed by atoms with van der Waals surface area (Å²) in [6, 6.07) is 5.11. The second kappa shape index (κ2) is 6.18.